The molecule has 0 unspecified atom stereocenters. The van der Waals surface area contributed by atoms with E-state index in [0.717, 1.165) is 12.1 Å². The Morgan fingerprint density at radius 1 is 1.10 bits per heavy atom. The van der Waals surface area contributed by atoms with E-state index in [1.807, 2.05) is 0 Å². The number of halogens is 3. The van der Waals surface area contributed by atoms with Gasteiger partial charge in [-0.3, -0.25) is 4.79 Å². The van der Waals surface area contributed by atoms with Gasteiger partial charge in [0, 0.05) is 5.56 Å². The number of hydrogen-bond acceptors (Lipinski definition) is 4. The SMILES string of the molecule is CCOC(=O)CN=C(OCC)c1ccc(C(F)(F)F)cc1. The van der Waals surface area contributed by atoms with Gasteiger partial charge in [-0.2, -0.15) is 13.2 Å². The van der Waals surface area contributed by atoms with Gasteiger partial charge < -0.3 is 9.47 Å². The molecule has 0 N–H and O–H groups in total. The lowest BCUT2D eigenvalue weighted by Gasteiger charge is -2.10. The number of nitrogens with zero attached hydrogens (tertiary/aromatic N) is 1. The second-order valence-corrected chi connectivity index (χ2v) is 3.93. The molecule has 0 radical (unpaired) electrons. The number of aliphatic imine (C=N–C) groups is 1. The Kier molecular flexibility index (Phi) is 6.20. The van der Waals surface area contributed by atoms with Gasteiger partial charge >= 0.3 is 12.1 Å². The quantitative estimate of drug-likeness (QED) is 0.477. The Morgan fingerprint density at radius 3 is 2.14 bits per heavy atom. The van der Waals surface area contributed by atoms with Gasteiger partial charge in [0.05, 0.1) is 18.8 Å². The predicted molar refractivity (Wildman–Crippen MR) is 71.1 cm³/mol. The summed E-state index contributed by atoms with van der Waals surface area (Å²) < 4.78 is 47.4. The molecule has 0 saturated carbocycles. The highest BCUT2D eigenvalue weighted by molar-refractivity contribution is 5.95. The van der Waals surface area contributed by atoms with Crippen LogP contribution >= 0.6 is 0 Å². The first kappa shape index (κ1) is 17.0. The van der Waals surface area contributed by atoms with Crippen molar-refractivity contribution in [2.24, 2.45) is 4.99 Å². The van der Waals surface area contributed by atoms with E-state index in [1.165, 1.54) is 12.1 Å². The van der Waals surface area contributed by atoms with Crippen LogP contribution in [0.3, 0.4) is 0 Å². The fourth-order valence-corrected chi connectivity index (χ4v) is 1.50. The molecule has 0 saturated heterocycles. The molecular formula is C14H16F3NO3. The van der Waals surface area contributed by atoms with Crippen molar-refractivity contribution in [2.45, 2.75) is 20.0 Å². The monoisotopic (exact) mass is 303 g/mol. The van der Waals surface area contributed by atoms with E-state index in [0.29, 0.717) is 5.56 Å². The first-order chi connectivity index (χ1) is 9.88. The van der Waals surface area contributed by atoms with E-state index in [2.05, 4.69) is 4.99 Å². The van der Waals surface area contributed by atoms with Gasteiger partial charge in [-0.05, 0) is 38.1 Å². The van der Waals surface area contributed by atoms with Crippen molar-refractivity contribution in [3.63, 3.8) is 0 Å². The zero-order valence-corrected chi connectivity index (χ0v) is 11.7. The topological polar surface area (TPSA) is 47.9 Å². The Balaban J connectivity index is 2.90. The minimum absolute atomic E-state index is 0.110. The molecule has 0 fully saturated rings. The van der Waals surface area contributed by atoms with Crippen LogP contribution in [0, 0.1) is 0 Å². The van der Waals surface area contributed by atoms with Crippen molar-refractivity contribution in [3.05, 3.63) is 35.4 Å². The molecule has 0 heterocycles. The second-order valence-electron chi connectivity index (χ2n) is 3.93. The summed E-state index contributed by atoms with van der Waals surface area (Å²) >= 11 is 0. The van der Waals surface area contributed by atoms with Crippen molar-refractivity contribution in [3.8, 4) is 0 Å². The zero-order valence-electron chi connectivity index (χ0n) is 11.7. The van der Waals surface area contributed by atoms with Gasteiger partial charge in [0.25, 0.3) is 0 Å². The van der Waals surface area contributed by atoms with Crippen molar-refractivity contribution in [1.29, 1.82) is 0 Å². The Hall–Kier alpha value is -2.05. The van der Waals surface area contributed by atoms with E-state index in [4.69, 9.17) is 9.47 Å². The summed E-state index contributed by atoms with van der Waals surface area (Å²) in [5.74, 6) is -0.416. The maximum Gasteiger partial charge on any atom is 0.416 e. The molecule has 116 valence electrons. The molecular weight excluding hydrogens is 287 g/mol. The number of carbonyl (C=O) groups is 1. The fourth-order valence-electron chi connectivity index (χ4n) is 1.50. The molecule has 0 atom stereocenters. The third-order valence-electron chi connectivity index (χ3n) is 2.40. The van der Waals surface area contributed by atoms with E-state index < -0.39 is 17.7 Å². The number of benzene rings is 1. The number of carbonyl (C=O) groups excluding carboxylic acids is 1. The van der Waals surface area contributed by atoms with Gasteiger partial charge in [-0.1, -0.05) is 0 Å². The summed E-state index contributed by atoms with van der Waals surface area (Å²) in [7, 11) is 0. The second kappa shape index (κ2) is 7.66. The highest BCUT2D eigenvalue weighted by atomic mass is 19.4. The predicted octanol–water partition coefficient (Wildman–Crippen LogP) is 3.05. The van der Waals surface area contributed by atoms with Gasteiger partial charge in [0.15, 0.2) is 0 Å². The highest BCUT2D eigenvalue weighted by Crippen LogP contribution is 2.29. The van der Waals surface area contributed by atoms with Gasteiger partial charge in [-0.15, -0.1) is 0 Å². The van der Waals surface area contributed by atoms with Crippen LogP contribution in [-0.4, -0.2) is 31.6 Å². The van der Waals surface area contributed by atoms with Crippen LogP contribution in [-0.2, 0) is 20.4 Å². The number of esters is 1. The molecule has 0 aromatic heterocycles. The number of ether oxygens (including phenoxy) is 2. The van der Waals surface area contributed by atoms with Crippen LogP contribution in [0.25, 0.3) is 0 Å². The lowest BCUT2D eigenvalue weighted by Crippen LogP contribution is -2.13. The first-order valence-electron chi connectivity index (χ1n) is 6.39. The fraction of sp³-hybridized carbons (Fsp3) is 0.429. The lowest BCUT2D eigenvalue weighted by atomic mass is 10.1. The Labute approximate surface area is 120 Å². The first-order valence-corrected chi connectivity index (χ1v) is 6.39. The van der Waals surface area contributed by atoms with Crippen LogP contribution < -0.4 is 0 Å². The number of rotatable bonds is 5. The van der Waals surface area contributed by atoms with Crippen molar-refractivity contribution in [1.82, 2.24) is 0 Å². The van der Waals surface area contributed by atoms with Gasteiger partial charge in [0.2, 0.25) is 5.90 Å². The Bertz CT molecular complexity index is 495. The molecule has 0 amide bonds. The van der Waals surface area contributed by atoms with Crippen molar-refractivity contribution < 1.29 is 27.4 Å². The largest absolute Gasteiger partial charge is 0.478 e. The molecule has 0 spiro atoms. The van der Waals surface area contributed by atoms with Crippen LogP contribution in [0.15, 0.2) is 29.3 Å². The van der Waals surface area contributed by atoms with Crippen molar-refractivity contribution in [2.75, 3.05) is 19.8 Å². The van der Waals surface area contributed by atoms with E-state index in [9.17, 15) is 18.0 Å². The summed E-state index contributed by atoms with van der Waals surface area (Å²) in [6.07, 6.45) is -4.40. The zero-order chi connectivity index (χ0) is 15.9. The summed E-state index contributed by atoms with van der Waals surface area (Å²) in [6.45, 7) is 3.65. The van der Waals surface area contributed by atoms with Crippen LogP contribution in [0.4, 0.5) is 13.2 Å². The third kappa shape index (κ3) is 5.45. The highest BCUT2D eigenvalue weighted by Gasteiger charge is 2.30. The van der Waals surface area contributed by atoms with Crippen LogP contribution in [0.2, 0.25) is 0 Å². The number of alkyl halides is 3. The summed E-state index contributed by atoms with van der Waals surface area (Å²) in [6, 6.07) is 4.38. The molecule has 7 heteroatoms. The Morgan fingerprint density at radius 2 is 1.67 bits per heavy atom. The average molecular weight is 303 g/mol. The van der Waals surface area contributed by atoms with Crippen LogP contribution in [0.1, 0.15) is 25.0 Å². The van der Waals surface area contributed by atoms with Crippen LogP contribution in [0.5, 0.6) is 0 Å². The lowest BCUT2D eigenvalue weighted by molar-refractivity contribution is -0.141. The normalized spacial score (nSPS) is 12.1. The van der Waals surface area contributed by atoms with E-state index in [-0.39, 0.29) is 25.7 Å². The van der Waals surface area contributed by atoms with Gasteiger partial charge in [0.1, 0.15) is 6.54 Å². The average Bonchev–Trinajstić information content (AvgIpc) is 2.43. The maximum atomic E-state index is 12.5. The van der Waals surface area contributed by atoms with E-state index in [1.54, 1.807) is 13.8 Å². The molecule has 21 heavy (non-hydrogen) atoms. The smallest absolute Gasteiger partial charge is 0.416 e. The minimum atomic E-state index is -4.40. The minimum Gasteiger partial charge on any atom is -0.478 e. The molecule has 1 aromatic rings. The molecule has 1 rings (SSSR count). The van der Waals surface area contributed by atoms with E-state index >= 15 is 0 Å². The molecule has 1 aromatic carbocycles. The molecule has 0 aliphatic rings. The molecule has 0 bridgehead atoms. The van der Waals surface area contributed by atoms with Gasteiger partial charge in [-0.25, -0.2) is 4.99 Å². The van der Waals surface area contributed by atoms with Crippen molar-refractivity contribution >= 4 is 11.9 Å². The standard InChI is InChI=1S/C14H16F3NO3/c1-3-20-12(19)9-18-13(21-4-2)10-5-7-11(8-6-10)14(15,16)17/h5-8H,3-4,9H2,1-2H3. The summed E-state index contributed by atoms with van der Waals surface area (Å²) in [5, 5.41) is 0. The number of hydrogen-bond donors (Lipinski definition) is 0. The summed E-state index contributed by atoms with van der Waals surface area (Å²) in [4.78, 5) is 15.2. The maximum absolute atomic E-state index is 12.5. The third-order valence-corrected chi connectivity index (χ3v) is 2.40. The molecule has 4 nitrogen and oxygen atoms in total. The molecule has 0 aliphatic carbocycles. The molecule has 0 aliphatic heterocycles. The summed E-state index contributed by atoms with van der Waals surface area (Å²) in [5.41, 5.74) is -0.387.